The van der Waals surface area contributed by atoms with Crippen LogP contribution in [0, 0.1) is 6.92 Å². The van der Waals surface area contributed by atoms with E-state index in [4.69, 9.17) is 0 Å². The molecule has 1 unspecified atom stereocenters. The number of aliphatic hydroxyl groups excluding tert-OH is 1. The smallest absolute Gasteiger partial charge is 0.0759 e. The zero-order valence-electron chi connectivity index (χ0n) is 11.5. The molecule has 0 saturated heterocycles. The van der Waals surface area contributed by atoms with Crippen molar-refractivity contribution in [1.29, 1.82) is 0 Å². The molecule has 102 valence electrons. The first kappa shape index (κ1) is 12.9. The molecule has 0 bridgehead atoms. The third-order valence-electron chi connectivity index (χ3n) is 3.58. The number of aliphatic hydroxyl groups is 1. The quantitative estimate of drug-likeness (QED) is 0.788. The Morgan fingerprint density at radius 2 is 1.95 bits per heavy atom. The molecule has 2 aromatic heterocycles. The second kappa shape index (κ2) is 5.47. The first-order chi connectivity index (χ1) is 9.74. The summed E-state index contributed by atoms with van der Waals surface area (Å²) in [5.74, 6) is 0. The summed E-state index contributed by atoms with van der Waals surface area (Å²) in [5, 5.41) is 11.5. The average Bonchev–Trinajstić information content (AvgIpc) is 2.84. The Labute approximate surface area is 118 Å². The number of fused-ring (bicyclic) bond motifs is 1. The molecule has 0 aliphatic carbocycles. The number of aromatic nitrogens is 2. The molecule has 0 aliphatic heterocycles. The van der Waals surface area contributed by atoms with Crippen LogP contribution >= 0.6 is 0 Å². The summed E-state index contributed by atoms with van der Waals surface area (Å²) >= 11 is 0. The minimum atomic E-state index is -0.396. The Bertz CT molecular complexity index is 703. The Hall–Kier alpha value is -2.13. The van der Waals surface area contributed by atoms with E-state index in [-0.39, 0.29) is 0 Å². The lowest BCUT2D eigenvalue weighted by Crippen LogP contribution is -2.18. The number of hydrogen-bond acceptors (Lipinski definition) is 2. The van der Waals surface area contributed by atoms with Gasteiger partial charge in [0.15, 0.2) is 0 Å². The van der Waals surface area contributed by atoms with Crippen LogP contribution in [0.15, 0.2) is 54.9 Å². The van der Waals surface area contributed by atoms with Gasteiger partial charge in [-0.15, -0.1) is 0 Å². The van der Waals surface area contributed by atoms with Crippen LogP contribution in [0.25, 0.3) is 10.9 Å². The van der Waals surface area contributed by atoms with Gasteiger partial charge in [-0.2, -0.15) is 0 Å². The number of aryl methyl sites for hydroxylation is 1. The highest BCUT2D eigenvalue weighted by molar-refractivity contribution is 5.81. The van der Waals surface area contributed by atoms with E-state index in [1.54, 1.807) is 0 Å². The summed E-state index contributed by atoms with van der Waals surface area (Å²) in [4.78, 5) is 4.33. The van der Waals surface area contributed by atoms with Crippen LogP contribution < -0.4 is 0 Å². The Balaban J connectivity index is 1.79. The van der Waals surface area contributed by atoms with Crippen molar-refractivity contribution in [2.24, 2.45) is 0 Å². The summed E-state index contributed by atoms with van der Waals surface area (Å²) in [7, 11) is 0. The first-order valence-electron chi connectivity index (χ1n) is 6.86. The SMILES string of the molecule is Cc1nccc2ccn(CC(O)Cc3ccccc3)c12. The third kappa shape index (κ3) is 2.58. The maximum absolute atomic E-state index is 10.3. The second-order valence-corrected chi connectivity index (χ2v) is 5.15. The van der Waals surface area contributed by atoms with E-state index in [2.05, 4.69) is 15.6 Å². The fourth-order valence-electron chi connectivity index (χ4n) is 2.66. The molecule has 0 spiro atoms. The normalized spacial score (nSPS) is 12.7. The number of pyridine rings is 1. The van der Waals surface area contributed by atoms with Crippen LogP contribution in [0.4, 0.5) is 0 Å². The van der Waals surface area contributed by atoms with Crippen LogP contribution in [0.1, 0.15) is 11.3 Å². The van der Waals surface area contributed by atoms with Crippen LogP contribution in [-0.2, 0) is 13.0 Å². The van der Waals surface area contributed by atoms with Crippen molar-refractivity contribution >= 4 is 10.9 Å². The van der Waals surface area contributed by atoms with E-state index in [1.165, 1.54) is 5.39 Å². The Morgan fingerprint density at radius 1 is 1.15 bits per heavy atom. The molecule has 1 N–H and O–H groups in total. The summed E-state index contributed by atoms with van der Waals surface area (Å²) in [5.41, 5.74) is 3.27. The summed E-state index contributed by atoms with van der Waals surface area (Å²) in [6.45, 7) is 2.59. The minimum absolute atomic E-state index is 0.396. The largest absolute Gasteiger partial charge is 0.391 e. The van der Waals surface area contributed by atoms with Crippen molar-refractivity contribution < 1.29 is 5.11 Å². The molecule has 3 heteroatoms. The number of hydrogen-bond donors (Lipinski definition) is 1. The molecule has 0 fully saturated rings. The zero-order chi connectivity index (χ0) is 13.9. The summed E-state index contributed by atoms with van der Waals surface area (Å²) < 4.78 is 2.09. The van der Waals surface area contributed by atoms with Gasteiger partial charge in [-0.05, 0) is 24.6 Å². The van der Waals surface area contributed by atoms with Gasteiger partial charge in [0, 0.05) is 30.7 Å². The van der Waals surface area contributed by atoms with Gasteiger partial charge in [-0.3, -0.25) is 4.98 Å². The average molecular weight is 266 g/mol. The second-order valence-electron chi connectivity index (χ2n) is 5.15. The van der Waals surface area contributed by atoms with E-state index in [9.17, 15) is 5.11 Å². The third-order valence-corrected chi connectivity index (χ3v) is 3.58. The molecule has 1 aromatic carbocycles. The van der Waals surface area contributed by atoms with Gasteiger partial charge in [-0.25, -0.2) is 0 Å². The lowest BCUT2D eigenvalue weighted by atomic mass is 10.1. The number of rotatable bonds is 4. The summed E-state index contributed by atoms with van der Waals surface area (Å²) in [6.07, 6.45) is 4.11. The Morgan fingerprint density at radius 3 is 2.75 bits per heavy atom. The highest BCUT2D eigenvalue weighted by Crippen LogP contribution is 2.18. The molecule has 3 aromatic rings. The summed E-state index contributed by atoms with van der Waals surface area (Å²) in [6, 6.07) is 14.2. The van der Waals surface area contributed by atoms with Crippen LogP contribution in [-0.4, -0.2) is 20.8 Å². The molecule has 1 atom stereocenters. The lowest BCUT2D eigenvalue weighted by molar-refractivity contribution is 0.156. The fraction of sp³-hybridized carbons (Fsp3) is 0.235. The topological polar surface area (TPSA) is 38.0 Å². The molecular weight excluding hydrogens is 248 g/mol. The van der Waals surface area contributed by atoms with Gasteiger partial charge < -0.3 is 9.67 Å². The van der Waals surface area contributed by atoms with Crippen LogP contribution in [0.3, 0.4) is 0 Å². The fourth-order valence-corrected chi connectivity index (χ4v) is 2.66. The van der Waals surface area contributed by atoms with Crippen molar-refractivity contribution in [3.8, 4) is 0 Å². The molecule has 2 heterocycles. The molecular formula is C17H18N2O. The van der Waals surface area contributed by atoms with E-state index < -0.39 is 6.10 Å². The highest BCUT2D eigenvalue weighted by Gasteiger charge is 2.10. The molecule has 0 radical (unpaired) electrons. The van der Waals surface area contributed by atoms with Crippen molar-refractivity contribution in [2.75, 3.05) is 0 Å². The first-order valence-corrected chi connectivity index (χ1v) is 6.86. The van der Waals surface area contributed by atoms with Gasteiger partial charge in [0.1, 0.15) is 0 Å². The van der Waals surface area contributed by atoms with Crippen molar-refractivity contribution in [3.05, 3.63) is 66.1 Å². The van der Waals surface area contributed by atoms with Gasteiger partial charge in [0.25, 0.3) is 0 Å². The standard InChI is InChI=1S/C17H18N2O/c1-13-17-15(7-9-18-13)8-10-19(17)12-16(20)11-14-5-3-2-4-6-14/h2-10,16,20H,11-12H2,1H3. The van der Waals surface area contributed by atoms with Gasteiger partial charge in [0.05, 0.1) is 17.3 Å². The van der Waals surface area contributed by atoms with Crippen LogP contribution in [0.2, 0.25) is 0 Å². The predicted octanol–water partition coefficient (Wildman–Crippen LogP) is 2.95. The van der Waals surface area contributed by atoms with Crippen molar-refractivity contribution in [1.82, 2.24) is 9.55 Å². The van der Waals surface area contributed by atoms with Crippen molar-refractivity contribution in [2.45, 2.75) is 26.0 Å². The highest BCUT2D eigenvalue weighted by atomic mass is 16.3. The van der Waals surface area contributed by atoms with E-state index in [1.807, 2.05) is 55.7 Å². The number of benzene rings is 1. The predicted molar refractivity (Wildman–Crippen MR) is 80.6 cm³/mol. The Kier molecular flexibility index (Phi) is 3.52. The maximum atomic E-state index is 10.3. The van der Waals surface area contributed by atoms with Gasteiger partial charge in [-0.1, -0.05) is 30.3 Å². The minimum Gasteiger partial charge on any atom is -0.391 e. The van der Waals surface area contributed by atoms with Crippen molar-refractivity contribution in [3.63, 3.8) is 0 Å². The molecule has 20 heavy (non-hydrogen) atoms. The monoisotopic (exact) mass is 266 g/mol. The number of nitrogens with zero attached hydrogens (tertiary/aromatic N) is 2. The maximum Gasteiger partial charge on any atom is 0.0759 e. The lowest BCUT2D eigenvalue weighted by Gasteiger charge is -2.13. The molecule has 0 amide bonds. The molecule has 0 aliphatic rings. The molecule has 0 saturated carbocycles. The van der Waals surface area contributed by atoms with E-state index in [0.29, 0.717) is 13.0 Å². The zero-order valence-corrected chi connectivity index (χ0v) is 11.5. The van der Waals surface area contributed by atoms with Crippen LogP contribution in [0.5, 0.6) is 0 Å². The van der Waals surface area contributed by atoms with Gasteiger partial charge in [0.2, 0.25) is 0 Å². The molecule has 3 rings (SSSR count). The van der Waals surface area contributed by atoms with E-state index >= 15 is 0 Å². The molecule has 3 nitrogen and oxygen atoms in total. The van der Waals surface area contributed by atoms with E-state index in [0.717, 1.165) is 16.8 Å². The van der Waals surface area contributed by atoms with Gasteiger partial charge >= 0.3 is 0 Å².